The Morgan fingerprint density at radius 2 is 2.24 bits per heavy atom. The van der Waals surface area contributed by atoms with Crippen molar-refractivity contribution in [3.05, 3.63) is 27.7 Å². The Hall–Kier alpha value is -0.740. The average Bonchev–Trinajstić information content (AvgIpc) is 2.31. The van der Waals surface area contributed by atoms with Crippen LogP contribution in [0.1, 0.15) is 19.8 Å². The maximum Gasteiger partial charge on any atom is 0.239 e. The molecule has 0 unspecified atom stereocenters. The molecule has 1 aromatic rings. The van der Waals surface area contributed by atoms with Gasteiger partial charge in [-0.25, -0.2) is 0 Å². The minimum atomic E-state index is 0.00419. The van der Waals surface area contributed by atoms with Gasteiger partial charge in [-0.05, 0) is 40.5 Å². The van der Waals surface area contributed by atoms with Crippen molar-refractivity contribution < 1.29 is 4.79 Å². The zero-order valence-corrected chi connectivity index (χ0v) is 12.1. The van der Waals surface area contributed by atoms with Crippen LogP contribution in [0.5, 0.6) is 0 Å². The monoisotopic (exact) mass is 318 g/mol. The third-order valence-corrected chi connectivity index (χ3v) is 3.44. The molecule has 1 rings (SSSR count). The van der Waals surface area contributed by atoms with E-state index < -0.39 is 0 Å². The first kappa shape index (κ1) is 14.3. The van der Waals surface area contributed by atoms with Crippen LogP contribution in [0.4, 0.5) is 5.69 Å². The number of unbranched alkanes of at least 4 members (excludes halogenated alkanes) is 1. The topological polar surface area (TPSA) is 41.1 Å². The summed E-state index contributed by atoms with van der Waals surface area (Å²) in [5.41, 5.74) is 0.868. The van der Waals surface area contributed by atoms with Gasteiger partial charge in [0, 0.05) is 16.7 Å². The predicted octanol–water partition coefficient (Wildman–Crippen LogP) is 3.43. The molecule has 0 fully saturated rings. The van der Waals surface area contributed by atoms with Crippen LogP contribution in [0.15, 0.2) is 22.7 Å². The van der Waals surface area contributed by atoms with Crippen LogP contribution in [0.3, 0.4) is 0 Å². The van der Waals surface area contributed by atoms with E-state index in [0.717, 1.165) is 29.5 Å². The Bertz CT molecular complexity index is 385. The number of hydrogen-bond acceptors (Lipinski definition) is 2. The van der Waals surface area contributed by atoms with Crippen molar-refractivity contribution >= 4 is 39.1 Å². The zero-order valence-electron chi connectivity index (χ0n) is 9.72. The molecular formula is C12H16BrClN2O. The van der Waals surface area contributed by atoms with Gasteiger partial charge in [0.2, 0.25) is 5.91 Å². The number of rotatable bonds is 6. The molecule has 94 valence electrons. The van der Waals surface area contributed by atoms with E-state index in [2.05, 4.69) is 33.5 Å². The summed E-state index contributed by atoms with van der Waals surface area (Å²) in [7, 11) is 0. The first-order valence-electron chi connectivity index (χ1n) is 5.59. The van der Waals surface area contributed by atoms with Gasteiger partial charge in [-0.1, -0.05) is 24.9 Å². The molecule has 0 radical (unpaired) electrons. The first-order chi connectivity index (χ1) is 8.13. The SMILES string of the molecule is CCCCNC(=O)CNc1ccc(Cl)c(Br)c1. The second kappa shape index (κ2) is 7.56. The molecule has 0 saturated heterocycles. The highest BCUT2D eigenvalue weighted by Gasteiger charge is 2.02. The van der Waals surface area contributed by atoms with E-state index in [0.29, 0.717) is 5.02 Å². The Morgan fingerprint density at radius 1 is 1.47 bits per heavy atom. The van der Waals surface area contributed by atoms with Gasteiger partial charge in [0.1, 0.15) is 0 Å². The number of halogens is 2. The van der Waals surface area contributed by atoms with Crippen LogP contribution < -0.4 is 10.6 Å². The number of carbonyl (C=O) groups is 1. The number of benzene rings is 1. The predicted molar refractivity (Wildman–Crippen MR) is 75.6 cm³/mol. The van der Waals surface area contributed by atoms with Crippen molar-refractivity contribution in [1.82, 2.24) is 5.32 Å². The lowest BCUT2D eigenvalue weighted by molar-refractivity contribution is -0.119. The number of carbonyl (C=O) groups excluding carboxylic acids is 1. The van der Waals surface area contributed by atoms with Gasteiger partial charge >= 0.3 is 0 Å². The Labute approximate surface area is 115 Å². The maximum absolute atomic E-state index is 11.4. The van der Waals surface area contributed by atoms with Crippen LogP contribution >= 0.6 is 27.5 Å². The first-order valence-corrected chi connectivity index (χ1v) is 6.76. The van der Waals surface area contributed by atoms with Crippen molar-refractivity contribution in [2.75, 3.05) is 18.4 Å². The standard InChI is InChI=1S/C12H16BrClN2O/c1-2-3-6-15-12(17)8-16-9-4-5-11(14)10(13)7-9/h4-5,7,16H,2-3,6,8H2,1H3,(H,15,17). The van der Waals surface area contributed by atoms with Gasteiger partial charge in [-0.3, -0.25) is 4.79 Å². The van der Waals surface area contributed by atoms with E-state index in [4.69, 9.17) is 11.6 Å². The smallest absolute Gasteiger partial charge is 0.239 e. The van der Waals surface area contributed by atoms with Crippen molar-refractivity contribution in [1.29, 1.82) is 0 Å². The molecule has 17 heavy (non-hydrogen) atoms. The fraction of sp³-hybridized carbons (Fsp3) is 0.417. The second-order valence-corrected chi connectivity index (χ2v) is 4.95. The summed E-state index contributed by atoms with van der Waals surface area (Å²) in [5.74, 6) is 0.00419. The molecule has 0 aliphatic heterocycles. The summed E-state index contributed by atoms with van der Waals surface area (Å²) >= 11 is 9.21. The molecule has 1 aromatic carbocycles. The molecular weight excluding hydrogens is 304 g/mol. The molecule has 0 aliphatic carbocycles. The van der Waals surface area contributed by atoms with Crippen LogP contribution in [-0.2, 0) is 4.79 Å². The van der Waals surface area contributed by atoms with Crippen LogP contribution in [-0.4, -0.2) is 19.0 Å². The molecule has 0 saturated carbocycles. The quantitative estimate of drug-likeness (QED) is 0.789. The Balaban J connectivity index is 2.34. The second-order valence-electron chi connectivity index (χ2n) is 3.69. The number of anilines is 1. The largest absolute Gasteiger partial charge is 0.376 e. The third-order valence-electron chi connectivity index (χ3n) is 2.23. The van der Waals surface area contributed by atoms with Gasteiger partial charge in [-0.15, -0.1) is 0 Å². The summed E-state index contributed by atoms with van der Waals surface area (Å²) in [6, 6.07) is 5.47. The highest BCUT2D eigenvalue weighted by atomic mass is 79.9. The number of amides is 1. The van der Waals surface area contributed by atoms with Crippen molar-refractivity contribution in [2.24, 2.45) is 0 Å². The van der Waals surface area contributed by atoms with Crippen LogP contribution in [0.25, 0.3) is 0 Å². The van der Waals surface area contributed by atoms with Gasteiger partial charge in [0.15, 0.2) is 0 Å². The fourth-order valence-electron chi connectivity index (χ4n) is 1.26. The molecule has 0 heterocycles. The van der Waals surface area contributed by atoms with Crippen LogP contribution in [0, 0.1) is 0 Å². The normalized spacial score (nSPS) is 10.1. The van der Waals surface area contributed by atoms with Gasteiger partial charge < -0.3 is 10.6 Å². The summed E-state index contributed by atoms with van der Waals surface area (Å²) in [4.78, 5) is 11.4. The van der Waals surface area contributed by atoms with E-state index in [9.17, 15) is 4.79 Å². The minimum Gasteiger partial charge on any atom is -0.376 e. The van der Waals surface area contributed by atoms with E-state index in [1.54, 1.807) is 6.07 Å². The van der Waals surface area contributed by atoms with Gasteiger partial charge in [0.25, 0.3) is 0 Å². The summed E-state index contributed by atoms with van der Waals surface area (Å²) in [6.45, 7) is 3.11. The average molecular weight is 320 g/mol. The van der Waals surface area contributed by atoms with E-state index >= 15 is 0 Å². The number of nitrogens with one attached hydrogen (secondary N) is 2. The molecule has 0 atom stereocenters. The summed E-state index contributed by atoms with van der Waals surface area (Å²) in [5, 5.41) is 6.53. The zero-order chi connectivity index (χ0) is 12.7. The molecule has 0 spiro atoms. The van der Waals surface area contributed by atoms with Crippen molar-refractivity contribution in [3.8, 4) is 0 Å². The molecule has 0 aliphatic rings. The van der Waals surface area contributed by atoms with Crippen LogP contribution in [0.2, 0.25) is 5.02 Å². The van der Waals surface area contributed by atoms with E-state index in [1.807, 2.05) is 12.1 Å². The van der Waals surface area contributed by atoms with Crippen molar-refractivity contribution in [3.63, 3.8) is 0 Å². The number of hydrogen-bond donors (Lipinski definition) is 2. The molecule has 3 nitrogen and oxygen atoms in total. The lowest BCUT2D eigenvalue weighted by Gasteiger charge is -2.08. The molecule has 1 amide bonds. The third kappa shape index (κ3) is 5.41. The van der Waals surface area contributed by atoms with Crippen molar-refractivity contribution in [2.45, 2.75) is 19.8 Å². The van der Waals surface area contributed by atoms with E-state index in [-0.39, 0.29) is 12.5 Å². The molecule has 0 bridgehead atoms. The Morgan fingerprint density at radius 3 is 2.88 bits per heavy atom. The minimum absolute atomic E-state index is 0.00419. The lowest BCUT2D eigenvalue weighted by atomic mass is 10.3. The highest BCUT2D eigenvalue weighted by molar-refractivity contribution is 9.10. The maximum atomic E-state index is 11.4. The molecule has 0 aromatic heterocycles. The molecule has 5 heteroatoms. The highest BCUT2D eigenvalue weighted by Crippen LogP contribution is 2.25. The van der Waals surface area contributed by atoms with Gasteiger partial charge in [0.05, 0.1) is 11.6 Å². The summed E-state index contributed by atoms with van der Waals surface area (Å²) in [6.07, 6.45) is 2.09. The Kier molecular flexibility index (Phi) is 6.37. The lowest BCUT2D eigenvalue weighted by Crippen LogP contribution is -2.30. The van der Waals surface area contributed by atoms with E-state index in [1.165, 1.54) is 0 Å². The fourth-order valence-corrected chi connectivity index (χ4v) is 1.75. The molecule has 2 N–H and O–H groups in total. The summed E-state index contributed by atoms with van der Waals surface area (Å²) < 4.78 is 0.815. The van der Waals surface area contributed by atoms with Gasteiger partial charge in [-0.2, -0.15) is 0 Å².